The molecule has 0 aliphatic rings. The minimum Gasteiger partial charge on any atom is -0.469 e. The van der Waals surface area contributed by atoms with Gasteiger partial charge in [-0.25, -0.2) is 4.98 Å². The molecule has 1 amide bonds. The van der Waals surface area contributed by atoms with E-state index in [2.05, 4.69) is 35.9 Å². The number of benzene rings is 1. The Balaban J connectivity index is 1.55. The lowest BCUT2D eigenvalue weighted by atomic mass is 10.1. The van der Waals surface area contributed by atoms with E-state index in [1.807, 2.05) is 37.3 Å². The summed E-state index contributed by atoms with van der Waals surface area (Å²) in [6, 6.07) is 13.6. The summed E-state index contributed by atoms with van der Waals surface area (Å²) in [5.41, 5.74) is 3.85. The SMILES string of the molecule is Cc1ccc(C)n1-c1nc2ccc(C(=O)N[C@@H](C)Cc3ccco3)cc2s1. The molecule has 3 aromatic heterocycles. The second-order valence-corrected chi connectivity index (χ2v) is 7.80. The molecule has 0 saturated heterocycles. The van der Waals surface area contributed by atoms with Gasteiger partial charge in [0.2, 0.25) is 0 Å². The average molecular weight is 379 g/mol. The van der Waals surface area contributed by atoms with Crippen molar-refractivity contribution in [2.45, 2.75) is 33.2 Å². The van der Waals surface area contributed by atoms with Crippen LogP contribution in [0.1, 0.15) is 34.4 Å². The first kappa shape index (κ1) is 17.5. The van der Waals surface area contributed by atoms with Gasteiger partial charge in [0.25, 0.3) is 5.91 Å². The summed E-state index contributed by atoms with van der Waals surface area (Å²) < 4.78 is 8.48. The van der Waals surface area contributed by atoms with E-state index in [9.17, 15) is 4.79 Å². The van der Waals surface area contributed by atoms with E-state index >= 15 is 0 Å². The molecule has 4 aromatic rings. The zero-order valence-corrected chi connectivity index (χ0v) is 16.3. The van der Waals surface area contributed by atoms with Crippen molar-refractivity contribution in [2.24, 2.45) is 0 Å². The lowest BCUT2D eigenvalue weighted by molar-refractivity contribution is 0.0939. The number of hydrogen-bond donors (Lipinski definition) is 1. The van der Waals surface area contributed by atoms with Crippen molar-refractivity contribution >= 4 is 27.5 Å². The highest BCUT2D eigenvalue weighted by Gasteiger charge is 2.14. The fourth-order valence-corrected chi connectivity index (χ4v) is 4.33. The summed E-state index contributed by atoms with van der Waals surface area (Å²) in [5.74, 6) is 0.780. The molecule has 0 bridgehead atoms. The van der Waals surface area contributed by atoms with E-state index in [-0.39, 0.29) is 11.9 Å². The van der Waals surface area contributed by atoms with Gasteiger partial charge in [0, 0.05) is 29.4 Å². The Labute approximate surface area is 161 Å². The van der Waals surface area contributed by atoms with Gasteiger partial charge in [0.05, 0.1) is 16.5 Å². The number of aromatic nitrogens is 2. The van der Waals surface area contributed by atoms with E-state index in [4.69, 9.17) is 9.40 Å². The summed E-state index contributed by atoms with van der Waals surface area (Å²) in [4.78, 5) is 17.3. The monoisotopic (exact) mass is 379 g/mol. The van der Waals surface area contributed by atoms with Crippen molar-refractivity contribution in [1.82, 2.24) is 14.9 Å². The van der Waals surface area contributed by atoms with Gasteiger partial charge in [-0.3, -0.25) is 9.36 Å². The molecular formula is C21H21N3O2S. The number of nitrogens with zero attached hydrogens (tertiary/aromatic N) is 2. The third-order valence-electron chi connectivity index (χ3n) is 4.57. The van der Waals surface area contributed by atoms with Crippen molar-refractivity contribution < 1.29 is 9.21 Å². The second-order valence-electron chi connectivity index (χ2n) is 6.79. The van der Waals surface area contributed by atoms with Crippen LogP contribution in [0.5, 0.6) is 0 Å². The van der Waals surface area contributed by atoms with Gasteiger partial charge in [0.15, 0.2) is 5.13 Å². The predicted octanol–water partition coefficient (Wildman–Crippen LogP) is 4.66. The van der Waals surface area contributed by atoms with E-state index < -0.39 is 0 Å². The largest absolute Gasteiger partial charge is 0.469 e. The lowest BCUT2D eigenvalue weighted by Gasteiger charge is -2.12. The van der Waals surface area contributed by atoms with Crippen LogP contribution in [0.15, 0.2) is 53.1 Å². The molecule has 0 aliphatic carbocycles. The van der Waals surface area contributed by atoms with Crippen molar-refractivity contribution in [3.05, 3.63) is 71.4 Å². The number of furan rings is 1. The maximum Gasteiger partial charge on any atom is 0.251 e. The minimum absolute atomic E-state index is 0.0125. The van der Waals surface area contributed by atoms with E-state index in [0.717, 1.165) is 32.5 Å². The fraction of sp³-hybridized carbons (Fsp3) is 0.238. The van der Waals surface area contributed by atoms with Crippen LogP contribution in [0.25, 0.3) is 15.3 Å². The Kier molecular flexibility index (Phi) is 4.58. The van der Waals surface area contributed by atoms with E-state index in [0.29, 0.717) is 12.0 Å². The highest BCUT2D eigenvalue weighted by molar-refractivity contribution is 7.20. The molecule has 1 aromatic carbocycles. The molecular weight excluding hydrogens is 358 g/mol. The van der Waals surface area contributed by atoms with Crippen LogP contribution < -0.4 is 5.32 Å². The van der Waals surface area contributed by atoms with E-state index in [1.54, 1.807) is 17.6 Å². The first-order valence-corrected chi connectivity index (χ1v) is 9.72. The highest BCUT2D eigenvalue weighted by atomic mass is 32.1. The standard InChI is InChI=1S/C21H21N3O2S/c1-13(11-17-5-4-10-26-17)22-20(25)16-8-9-18-19(12-16)27-21(23-18)24-14(2)6-7-15(24)3/h4-10,12-13H,11H2,1-3H3,(H,22,25)/t13-/m0/s1. The lowest BCUT2D eigenvalue weighted by Crippen LogP contribution is -2.33. The molecule has 6 heteroatoms. The number of carbonyl (C=O) groups excluding carboxylic acids is 1. The molecule has 1 atom stereocenters. The molecule has 0 radical (unpaired) electrons. The fourth-order valence-electron chi connectivity index (χ4n) is 3.21. The van der Waals surface area contributed by atoms with Gasteiger partial charge in [-0.2, -0.15) is 0 Å². The van der Waals surface area contributed by atoms with E-state index in [1.165, 1.54) is 0 Å². The van der Waals surface area contributed by atoms with Gasteiger partial charge < -0.3 is 9.73 Å². The number of carbonyl (C=O) groups is 1. The number of nitrogens with one attached hydrogen (secondary N) is 1. The second kappa shape index (κ2) is 7.04. The molecule has 4 rings (SSSR count). The zero-order chi connectivity index (χ0) is 19.0. The molecule has 0 unspecified atom stereocenters. The summed E-state index contributed by atoms with van der Waals surface area (Å²) >= 11 is 1.59. The number of amides is 1. The maximum atomic E-state index is 12.6. The molecule has 5 nitrogen and oxygen atoms in total. The van der Waals surface area contributed by atoms with Crippen LogP contribution >= 0.6 is 11.3 Å². The maximum absolute atomic E-state index is 12.6. The van der Waals surface area contributed by atoms with Crippen LogP contribution in [0.3, 0.4) is 0 Å². The van der Waals surface area contributed by atoms with Crippen LogP contribution in [0.4, 0.5) is 0 Å². The topological polar surface area (TPSA) is 60.1 Å². The quantitative estimate of drug-likeness (QED) is 0.549. The number of hydrogen-bond acceptors (Lipinski definition) is 4. The molecule has 0 fully saturated rings. The summed E-state index contributed by atoms with van der Waals surface area (Å²) in [7, 11) is 0. The Morgan fingerprint density at radius 2 is 2.00 bits per heavy atom. The number of rotatable bonds is 5. The summed E-state index contributed by atoms with van der Waals surface area (Å²) in [6.07, 6.45) is 2.31. The Hall–Kier alpha value is -2.86. The third kappa shape index (κ3) is 3.53. The molecule has 0 spiro atoms. The average Bonchev–Trinajstić information content (AvgIpc) is 3.34. The Morgan fingerprint density at radius 3 is 2.70 bits per heavy atom. The minimum atomic E-state index is -0.0840. The van der Waals surface area contributed by atoms with Gasteiger partial charge >= 0.3 is 0 Å². The van der Waals surface area contributed by atoms with Crippen molar-refractivity contribution in [3.8, 4) is 5.13 Å². The smallest absolute Gasteiger partial charge is 0.251 e. The Morgan fingerprint density at radius 1 is 1.22 bits per heavy atom. The molecule has 27 heavy (non-hydrogen) atoms. The number of thiazole rings is 1. The zero-order valence-electron chi connectivity index (χ0n) is 15.5. The first-order chi connectivity index (χ1) is 13.0. The Bertz CT molecular complexity index is 1070. The van der Waals surface area contributed by atoms with Crippen molar-refractivity contribution in [3.63, 3.8) is 0 Å². The molecule has 138 valence electrons. The van der Waals surface area contributed by atoms with Gasteiger partial charge in [-0.1, -0.05) is 11.3 Å². The first-order valence-electron chi connectivity index (χ1n) is 8.90. The molecule has 3 heterocycles. The normalized spacial score (nSPS) is 12.4. The van der Waals surface area contributed by atoms with Crippen molar-refractivity contribution in [1.29, 1.82) is 0 Å². The summed E-state index contributed by atoms with van der Waals surface area (Å²) in [6.45, 7) is 6.11. The summed E-state index contributed by atoms with van der Waals surface area (Å²) in [5, 5.41) is 3.96. The third-order valence-corrected chi connectivity index (χ3v) is 5.57. The predicted molar refractivity (Wildman–Crippen MR) is 108 cm³/mol. The molecule has 0 saturated carbocycles. The van der Waals surface area contributed by atoms with Crippen LogP contribution in [-0.2, 0) is 6.42 Å². The van der Waals surface area contributed by atoms with Crippen LogP contribution in [-0.4, -0.2) is 21.5 Å². The van der Waals surface area contributed by atoms with Crippen LogP contribution in [0.2, 0.25) is 0 Å². The van der Waals surface area contributed by atoms with Crippen molar-refractivity contribution in [2.75, 3.05) is 0 Å². The van der Waals surface area contributed by atoms with Gasteiger partial charge in [0.1, 0.15) is 5.76 Å². The van der Waals surface area contributed by atoms with Crippen LogP contribution in [0, 0.1) is 13.8 Å². The molecule has 1 N–H and O–H groups in total. The molecule has 0 aliphatic heterocycles. The highest BCUT2D eigenvalue weighted by Crippen LogP contribution is 2.28. The van der Waals surface area contributed by atoms with Gasteiger partial charge in [-0.15, -0.1) is 0 Å². The number of aryl methyl sites for hydroxylation is 2. The van der Waals surface area contributed by atoms with Gasteiger partial charge in [-0.05, 0) is 63.2 Å². The number of fused-ring (bicyclic) bond motifs is 1.